The molecule has 1 aromatic heterocycles. The van der Waals surface area contributed by atoms with Gasteiger partial charge in [0.2, 0.25) is 5.91 Å². The van der Waals surface area contributed by atoms with Crippen LogP contribution in [0.25, 0.3) is 0 Å². The van der Waals surface area contributed by atoms with Gasteiger partial charge in [0.15, 0.2) is 0 Å². The molecule has 1 aliphatic heterocycles. The fraction of sp³-hybridized carbons (Fsp3) is 0.583. The van der Waals surface area contributed by atoms with E-state index in [0.717, 1.165) is 4.88 Å². The van der Waals surface area contributed by atoms with Crippen LogP contribution in [0.5, 0.6) is 0 Å². The fourth-order valence-electron chi connectivity index (χ4n) is 2.06. The number of morpholine rings is 1. The summed E-state index contributed by atoms with van der Waals surface area (Å²) in [5, 5.41) is 2.01. The van der Waals surface area contributed by atoms with Crippen LogP contribution in [0.3, 0.4) is 0 Å². The molecule has 1 saturated heterocycles. The Bertz CT molecular complexity index is 340. The quantitative estimate of drug-likeness (QED) is 0.789. The summed E-state index contributed by atoms with van der Waals surface area (Å²) in [5.41, 5.74) is 0. The van der Waals surface area contributed by atoms with Crippen molar-refractivity contribution in [2.45, 2.75) is 32.5 Å². The Hall–Kier alpha value is -0.870. The first-order chi connectivity index (χ1) is 7.65. The van der Waals surface area contributed by atoms with E-state index in [9.17, 15) is 4.79 Å². The topological polar surface area (TPSA) is 29.5 Å². The molecule has 0 bridgehead atoms. The first-order valence-corrected chi connectivity index (χ1v) is 6.48. The number of carbonyl (C=O) groups excluding carboxylic acids is 1. The van der Waals surface area contributed by atoms with E-state index in [1.54, 1.807) is 11.3 Å². The highest BCUT2D eigenvalue weighted by molar-refractivity contribution is 7.10. The van der Waals surface area contributed by atoms with Crippen molar-refractivity contribution < 1.29 is 9.53 Å². The lowest BCUT2D eigenvalue weighted by Gasteiger charge is -2.35. The zero-order valence-corrected chi connectivity index (χ0v) is 10.5. The zero-order chi connectivity index (χ0) is 11.5. The van der Waals surface area contributed by atoms with Crippen molar-refractivity contribution in [2.75, 3.05) is 13.1 Å². The van der Waals surface area contributed by atoms with Gasteiger partial charge in [0.1, 0.15) is 0 Å². The summed E-state index contributed by atoms with van der Waals surface area (Å²) >= 11 is 1.64. The van der Waals surface area contributed by atoms with Crippen LogP contribution in [0.1, 0.15) is 18.7 Å². The summed E-state index contributed by atoms with van der Waals surface area (Å²) < 4.78 is 5.61. The molecule has 0 radical (unpaired) electrons. The SMILES string of the molecule is C[C@H]1CN(C(=O)Cc2cccs2)C[C@H](C)O1. The maximum Gasteiger partial charge on any atom is 0.228 e. The minimum Gasteiger partial charge on any atom is -0.372 e. The van der Waals surface area contributed by atoms with Gasteiger partial charge in [-0.2, -0.15) is 0 Å². The highest BCUT2D eigenvalue weighted by Crippen LogP contribution is 2.15. The van der Waals surface area contributed by atoms with Gasteiger partial charge in [0, 0.05) is 18.0 Å². The molecule has 0 aliphatic carbocycles. The van der Waals surface area contributed by atoms with E-state index in [2.05, 4.69) is 0 Å². The average Bonchev–Trinajstić information content (AvgIpc) is 2.68. The summed E-state index contributed by atoms with van der Waals surface area (Å²) in [4.78, 5) is 15.1. The van der Waals surface area contributed by atoms with Gasteiger partial charge in [-0.15, -0.1) is 11.3 Å². The summed E-state index contributed by atoms with van der Waals surface area (Å²) in [5.74, 6) is 0.212. The monoisotopic (exact) mass is 239 g/mol. The van der Waals surface area contributed by atoms with Crippen molar-refractivity contribution in [1.82, 2.24) is 4.90 Å². The Morgan fingerprint density at radius 3 is 2.75 bits per heavy atom. The van der Waals surface area contributed by atoms with Crippen LogP contribution in [0.15, 0.2) is 17.5 Å². The lowest BCUT2D eigenvalue weighted by Crippen LogP contribution is -2.48. The van der Waals surface area contributed by atoms with Gasteiger partial charge in [-0.25, -0.2) is 0 Å². The molecule has 1 fully saturated rings. The first-order valence-electron chi connectivity index (χ1n) is 5.61. The predicted molar refractivity (Wildman–Crippen MR) is 64.6 cm³/mol. The summed E-state index contributed by atoms with van der Waals surface area (Å²) in [7, 11) is 0. The van der Waals surface area contributed by atoms with Crippen LogP contribution in [0.4, 0.5) is 0 Å². The third kappa shape index (κ3) is 2.83. The number of thiophene rings is 1. The molecular weight excluding hydrogens is 222 g/mol. The van der Waals surface area contributed by atoms with E-state index < -0.39 is 0 Å². The molecule has 0 N–H and O–H groups in total. The average molecular weight is 239 g/mol. The van der Waals surface area contributed by atoms with Crippen molar-refractivity contribution >= 4 is 17.2 Å². The van der Waals surface area contributed by atoms with Gasteiger partial charge < -0.3 is 9.64 Å². The molecule has 3 nitrogen and oxygen atoms in total. The Kier molecular flexibility index (Phi) is 3.61. The van der Waals surface area contributed by atoms with Gasteiger partial charge in [-0.05, 0) is 25.3 Å². The van der Waals surface area contributed by atoms with Gasteiger partial charge >= 0.3 is 0 Å². The molecule has 2 atom stereocenters. The summed E-state index contributed by atoms with van der Waals surface area (Å²) in [6, 6.07) is 3.99. The minimum atomic E-state index is 0.149. The second-order valence-electron chi connectivity index (χ2n) is 4.31. The predicted octanol–water partition coefficient (Wildman–Crippen LogP) is 1.93. The molecule has 0 unspecified atom stereocenters. The second kappa shape index (κ2) is 4.97. The Morgan fingerprint density at radius 2 is 2.19 bits per heavy atom. The van der Waals surface area contributed by atoms with Crippen molar-refractivity contribution in [1.29, 1.82) is 0 Å². The van der Waals surface area contributed by atoms with Crippen LogP contribution in [-0.4, -0.2) is 36.1 Å². The number of ether oxygens (including phenoxy) is 1. The Morgan fingerprint density at radius 1 is 1.50 bits per heavy atom. The fourth-order valence-corrected chi connectivity index (χ4v) is 2.75. The highest BCUT2D eigenvalue weighted by Gasteiger charge is 2.25. The molecule has 1 aromatic rings. The maximum atomic E-state index is 12.0. The number of amides is 1. The molecular formula is C12H17NO2S. The van der Waals surface area contributed by atoms with E-state index in [1.807, 2.05) is 36.3 Å². The summed E-state index contributed by atoms with van der Waals surface area (Å²) in [6.45, 7) is 5.46. The molecule has 1 amide bonds. The normalized spacial score (nSPS) is 25.8. The van der Waals surface area contributed by atoms with Gasteiger partial charge in [0.25, 0.3) is 0 Å². The van der Waals surface area contributed by atoms with E-state index in [0.29, 0.717) is 19.5 Å². The molecule has 2 rings (SSSR count). The molecule has 0 spiro atoms. The van der Waals surface area contributed by atoms with Crippen molar-refractivity contribution in [3.8, 4) is 0 Å². The summed E-state index contributed by atoms with van der Waals surface area (Å²) in [6.07, 6.45) is 0.823. The zero-order valence-electron chi connectivity index (χ0n) is 9.68. The maximum absolute atomic E-state index is 12.0. The lowest BCUT2D eigenvalue weighted by atomic mass is 10.2. The Balaban J connectivity index is 1.94. The molecule has 1 aliphatic rings. The second-order valence-corrected chi connectivity index (χ2v) is 5.34. The number of hydrogen-bond acceptors (Lipinski definition) is 3. The largest absolute Gasteiger partial charge is 0.372 e. The third-order valence-electron chi connectivity index (χ3n) is 2.68. The van der Waals surface area contributed by atoms with Crippen molar-refractivity contribution in [3.05, 3.63) is 22.4 Å². The lowest BCUT2D eigenvalue weighted by molar-refractivity contribution is -0.142. The van der Waals surface area contributed by atoms with Crippen molar-refractivity contribution in [2.24, 2.45) is 0 Å². The van der Waals surface area contributed by atoms with Gasteiger partial charge in [-0.3, -0.25) is 4.79 Å². The van der Waals surface area contributed by atoms with Gasteiger partial charge in [0.05, 0.1) is 18.6 Å². The van der Waals surface area contributed by atoms with Crippen LogP contribution >= 0.6 is 11.3 Å². The van der Waals surface area contributed by atoms with Crippen LogP contribution in [0, 0.1) is 0 Å². The molecule has 4 heteroatoms. The van der Waals surface area contributed by atoms with Gasteiger partial charge in [-0.1, -0.05) is 6.07 Å². The standard InChI is InChI=1S/C12H17NO2S/c1-9-7-13(8-10(2)15-9)12(14)6-11-4-3-5-16-11/h3-5,9-10H,6-8H2,1-2H3/t9-,10-/m0/s1. The van der Waals surface area contributed by atoms with E-state index >= 15 is 0 Å². The molecule has 0 aromatic carbocycles. The molecule has 2 heterocycles. The van der Waals surface area contributed by atoms with E-state index in [1.165, 1.54) is 0 Å². The van der Waals surface area contributed by atoms with E-state index in [-0.39, 0.29) is 18.1 Å². The van der Waals surface area contributed by atoms with Crippen LogP contribution in [-0.2, 0) is 16.0 Å². The number of carbonyl (C=O) groups is 1. The number of rotatable bonds is 2. The Labute approximate surface area is 100 Å². The number of hydrogen-bond donors (Lipinski definition) is 0. The third-order valence-corrected chi connectivity index (χ3v) is 3.55. The smallest absolute Gasteiger partial charge is 0.228 e. The molecule has 88 valence electrons. The highest BCUT2D eigenvalue weighted by atomic mass is 32.1. The van der Waals surface area contributed by atoms with Crippen molar-refractivity contribution in [3.63, 3.8) is 0 Å². The first kappa shape index (κ1) is 11.6. The molecule has 16 heavy (non-hydrogen) atoms. The molecule has 0 saturated carbocycles. The van der Waals surface area contributed by atoms with Crippen LogP contribution in [0.2, 0.25) is 0 Å². The number of nitrogens with zero attached hydrogens (tertiary/aromatic N) is 1. The van der Waals surface area contributed by atoms with E-state index in [4.69, 9.17) is 4.74 Å². The van der Waals surface area contributed by atoms with Crippen LogP contribution < -0.4 is 0 Å². The minimum absolute atomic E-state index is 0.149.